The Balaban J connectivity index is 2.14. The summed E-state index contributed by atoms with van der Waals surface area (Å²) in [5.41, 5.74) is 0. The van der Waals surface area contributed by atoms with Gasteiger partial charge in [-0.2, -0.15) is 0 Å². The Bertz CT molecular complexity index is 182. The predicted octanol–water partition coefficient (Wildman–Crippen LogP) is 1.31. The topological polar surface area (TPSA) is 43.4 Å². The smallest absolute Gasteiger partial charge is 0.313 e. The van der Waals surface area contributed by atoms with Crippen molar-refractivity contribution in [2.45, 2.75) is 32.1 Å². The number of rotatable bonds is 4. The zero-order valence-electron chi connectivity index (χ0n) is 7.34. The number of hydrogen-bond acceptors (Lipinski definition) is 3. The third-order valence-corrected chi connectivity index (χ3v) is 2.31. The highest BCUT2D eigenvalue weighted by molar-refractivity contribution is 5.95. The molecule has 1 saturated carbocycles. The fourth-order valence-electron chi connectivity index (χ4n) is 1.32. The first-order valence-electron chi connectivity index (χ1n) is 4.31. The van der Waals surface area contributed by atoms with Gasteiger partial charge in [-0.05, 0) is 5.92 Å². The Labute approximate surface area is 72.1 Å². The minimum Gasteiger partial charge on any atom is -0.469 e. The molecule has 1 rings (SSSR count). The van der Waals surface area contributed by atoms with Gasteiger partial charge in [0.1, 0.15) is 12.2 Å². The lowest BCUT2D eigenvalue weighted by atomic mass is 9.81. The summed E-state index contributed by atoms with van der Waals surface area (Å²) >= 11 is 0. The molecule has 0 spiro atoms. The van der Waals surface area contributed by atoms with Crippen LogP contribution in [0.3, 0.4) is 0 Å². The maximum absolute atomic E-state index is 11.1. The van der Waals surface area contributed by atoms with E-state index < -0.39 is 5.97 Å². The number of ether oxygens (including phenoxy) is 1. The van der Waals surface area contributed by atoms with Crippen molar-refractivity contribution < 1.29 is 14.3 Å². The highest BCUT2D eigenvalue weighted by Gasteiger charge is 2.21. The molecule has 1 fully saturated rings. The molecular weight excluding hydrogens is 156 g/mol. The second-order valence-corrected chi connectivity index (χ2v) is 3.29. The van der Waals surface area contributed by atoms with Gasteiger partial charge in [0.25, 0.3) is 0 Å². The van der Waals surface area contributed by atoms with Gasteiger partial charge in [0, 0.05) is 6.42 Å². The molecule has 0 N–H and O–H groups in total. The van der Waals surface area contributed by atoms with Crippen molar-refractivity contribution in [1.29, 1.82) is 0 Å². The van der Waals surface area contributed by atoms with Crippen molar-refractivity contribution >= 4 is 11.8 Å². The van der Waals surface area contributed by atoms with E-state index in [1.165, 1.54) is 13.5 Å². The van der Waals surface area contributed by atoms with Crippen LogP contribution in [0.4, 0.5) is 0 Å². The van der Waals surface area contributed by atoms with E-state index in [1.807, 2.05) is 0 Å². The first-order chi connectivity index (χ1) is 5.72. The molecule has 1 aliphatic carbocycles. The third-order valence-electron chi connectivity index (χ3n) is 2.31. The van der Waals surface area contributed by atoms with E-state index in [0.29, 0.717) is 12.3 Å². The molecule has 0 aromatic carbocycles. The number of Topliss-reactive ketones (excluding diaryl/α,β-unsaturated/α-hetero) is 1. The summed E-state index contributed by atoms with van der Waals surface area (Å²) in [5.74, 6) is 0.146. The molecule has 3 nitrogen and oxygen atoms in total. The lowest BCUT2D eigenvalue weighted by Crippen LogP contribution is -2.18. The predicted molar refractivity (Wildman–Crippen MR) is 43.6 cm³/mol. The summed E-state index contributed by atoms with van der Waals surface area (Å²) in [6, 6.07) is 0. The van der Waals surface area contributed by atoms with Gasteiger partial charge >= 0.3 is 5.97 Å². The zero-order chi connectivity index (χ0) is 8.97. The van der Waals surface area contributed by atoms with E-state index in [4.69, 9.17) is 0 Å². The van der Waals surface area contributed by atoms with Gasteiger partial charge in [0.2, 0.25) is 0 Å². The molecular formula is C9H14O3. The van der Waals surface area contributed by atoms with Gasteiger partial charge in [-0.25, -0.2) is 0 Å². The zero-order valence-corrected chi connectivity index (χ0v) is 7.34. The lowest BCUT2D eigenvalue weighted by Gasteiger charge is -2.24. The number of ketones is 1. The number of methoxy groups -OCH3 is 1. The summed E-state index contributed by atoms with van der Waals surface area (Å²) in [6.07, 6.45) is 4.04. The monoisotopic (exact) mass is 170 g/mol. The molecule has 3 heteroatoms. The second-order valence-electron chi connectivity index (χ2n) is 3.29. The molecule has 0 unspecified atom stereocenters. The quantitative estimate of drug-likeness (QED) is 0.472. The molecule has 68 valence electrons. The second kappa shape index (κ2) is 4.24. The molecule has 0 aromatic rings. The average molecular weight is 170 g/mol. The van der Waals surface area contributed by atoms with E-state index in [2.05, 4.69) is 4.74 Å². The average Bonchev–Trinajstić information content (AvgIpc) is 1.97. The molecule has 0 aromatic heterocycles. The van der Waals surface area contributed by atoms with Crippen LogP contribution in [-0.2, 0) is 14.3 Å². The van der Waals surface area contributed by atoms with Crippen molar-refractivity contribution in [2.24, 2.45) is 5.92 Å². The number of esters is 1. The standard InChI is InChI=1S/C9H14O3/c1-12-9(11)6-8(10)5-7-3-2-4-7/h7H,2-6H2,1H3. The van der Waals surface area contributed by atoms with Crippen molar-refractivity contribution in [2.75, 3.05) is 7.11 Å². The summed E-state index contributed by atoms with van der Waals surface area (Å²) in [4.78, 5) is 21.8. The van der Waals surface area contributed by atoms with E-state index >= 15 is 0 Å². The summed E-state index contributed by atoms with van der Waals surface area (Å²) in [5, 5.41) is 0. The molecule has 1 aliphatic rings. The van der Waals surface area contributed by atoms with E-state index in [-0.39, 0.29) is 12.2 Å². The Morgan fingerprint density at radius 2 is 2.08 bits per heavy atom. The molecule has 0 bridgehead atoms. The van der Waals surface area contributed by atoms with Gasteiger partial charge < -0.3 is 4.74 Å². The fourth-order valence-corrected chi connectivity index (χ4v) is 1.32. The summed E-state index contributed by atoms with van der Waals surface area (Å²) in [6.45, 7) is 0. The van der Waals surface area contributed by atoms with E-state index in [9.17, 15) is 9.59 Å². The minimum atomic E-state index is -0.417. The normalized spacial score (nSPS) is 16.8. The molecule has 0 radical (unpaired) electrons. The van der Waals surface area contributed by atoms with Crippen LogP contribution in [0, 0.1) is 5.92 Å². The maximum Gasteiger partial charge on any atom is 0.313 e. The van der Waals surface area contributed by atoms with Crippen molar-refractivity contribution in [1.82, 2.24) is 0 Å². The van der Waals surface area contributed by atoms with Gasteiger partial charge in [0.15, 0.2) is 0 Å². The minimum absolute atomic E-state index is 0.0200. The van der Waals surface area contributed by atoms with Crippen LogP contribution in [0.2, 0.25) is 0 Å². The van der Waals surface area contributed by atoms with Crippen molar-refractivity contribution in [3.63, 3.8) is 0 Å². The Hall–Kier alpha value is -0.860. The Kier molecular flexibility index (Phi) is 3.26. The molecule has 0 amide bonds. The van der Waals surface area contributed by atoms with Crippen LogP contribution in [-0.4, -0.2) is 18.9 Å². The number of carbonyl (C=O) groups is 2. The van der Waals surface area contributed by atoms with Crippen molar-refractivity contribution in [3.8, 4) is 0 Å². The van der Waals surface area contributed by atoms with Crippen LogP contribution < -0.4 is 0 Å². The van der Waals surface area contributed by atoms with Crippen LogP contribution >= 0.6 is 0 Å². The number of carbonyl (C=O) groups excluding carboxylic acids is 2. The van der Waals surface area contributed by atoms with Gasteiger partial charge in [-0.1, -0.05) is 19.3 Å². The van der Waals surface area contributed by atoms with Crippen LogP contribution in [0.5, 0.6) is 0 Å². The molecule has 0 aliphatic heterocycles. The highest BCUT2D eigenvalue weighted by Crippen LogP contribution is 2.29. The van der Waals surface area contributed by atoms with Gasteiger partial charge in [0.05, 0.1) is 7.11 Å². The first kappa shape index (κ1) is 9.23. The third kappa shape index (κ3) is 2.64. The van der Waals surface area contributed by atoms with Crippen LogP contribution in [0.1, 0.15) is 32.1 Å². The maximum atomic E-state index is 11.1. The van der Waals surface area contributed by atoms with Gasteiger partial charge in [-0.15, -0.1) is 0 Å². The van der Waals surface area contributed by atoms with E-state index in [1.54, 1.807) is 0 Å². The molecule has 0 saturated heterocycles. The SMILES string of the molecule is COC(=O)CC(=O)CC1CCC1. The highest BCUT2D eigenvalue weighted by atomic mass is 16.5. The Morgan fingerprint density at radius 3 is 2.50 bits per heavy atom. The lowest BCUT2D eigenvalue weighted by molar-refractivity contribution is -0.143. The van der Waals surface area contributed by atoms with Crippen molar-refractivity contribution in [3.05, 3.63) is 0 Å². The molecule has 0 heterocycles. The largest absolute Gasteiger partial charge is 0.469 e. The first-order valence-corrected chi connectivity index (χ1v) is 4.31. The summed E-state index contributed by atoms with van der Waals surface area (Å²) < 4.78 is 4.39. The Morgan fingerprint density at radius 1 is 1.42 bits per heavy atom. The van der Waals surface area contributed by atoms with E-state index in [0.717, 1.165) is 12.8 Å². The fraction of sp³-hybridized carbons (Fsp3) is 0.778. The van der Waals surface area contributed by atoms with Crippen LogP contribution in [0.25, 0.3) is 0 Å². The molecule has 0 atom stereocenters. The van der Waals surface area contributed by atoms with Crippen LogP contribution in [0.15, 0.2) is 0 Å². The van der Waals surface area contributed by atoms with Gasteiger partial charge in [-0.3, -0.25) is 9.59 Å². The molecule has 12 heavy (non-hydrogen) atoms. The summed E-state index contributed by atoms with van der Waals surface area (Å²) in [7, 11) is 1.30. The number of hydrogen-bond donors (Lipinski definition) is 0.